The average Bonchev–Trinajstić information content (AvgIpc) is 3.41. The minimum Gasteiger partial charge on any atom is -0.480 e. The van der Waals surface area contributed by atoms with Crippen LogP contribution in [-0.2, 0) is 14.8 Å². The van der Waals surface area contributed by atoms with Gasteiger partial charge in [-0.1, -0.05) is 18.7 Å². The maximum Gasteiger partial charge on any atom is 0.282 e. The topological polar surface area (TPSA) is 118 Å². The molecule has 1 N–H and O–H groups in total. The largest absolute Gasteiger partial charge is 0.480 e. The van der Waals surface area contributed by atoms with E-state index >= 15 is 0 Å². The fourth-order valence-corrected chi connectivity index (χ4v) is 6.90. The van der Waals surface area contributed by atoms with Crippen LogP contribution >= 0.6 is 0 Å². The summed E-state index contributed by atoms with van der Waals surface area (Å²) in [7, 11) is -3.39. The molecule has 0 atom stereocenters. The Hall–Kier alpha value is -4.72. The van der Waals surface area contributed by atoms with E-state index in [9.17, 15) is 26.4 Å². The maximum atomic E-state index is 14.3. The Balaban J connectivity index is 1.31. The summed E-state index contributed by atoms with van der Waals surface area (Å²) in [6, 6.07) is 9.64. The van der Waals surface area contributed by atoms with E-state index in [2.05, 4.69) is 31.2 Å². The second-order valence-electron chi connectivity index (χ2n) is 10.6. The molecule has 1 amide bonds. The highest BCUT2D eigenvalue weighted by Crippen LogP contribution is 2.43. The highest BCUT2D eigenvalue weighted by atomic mass is 32.2. The molecule has 10 nitrogen and oxygen atoms in total. The number of rotatable bonds is 7. The van der Waals surface area contributed by atoms with Gasteiger partial charge in [0.25, 0.3) is 15.9 Å². The number of pyridine rings is 1. The molecule has 0 saturated carbocycles. The Bertz CT molecular complexity index is 1880. The molecule has 14 heteroatoms. The Labute approximate surface area is 244 Å². The SMILES string of the molecule is C=C(F)C(=O)N1CC2(CCN(c3ncnc4ccc(-c5cnc(OC)c(NS(=O)(=O)c6c(F)cccc6F)c5)cc34)C2)C1. The van der Waals surface area contributed by atoms with E-state index in [-0.39, 0.29) is 17.0 Å². The lowest BCUT2D eigenvalue weighted by Crippen LogP contribution is -2.59. The first-order valence-corrected chi connectivity index (χ1v) is 14.6. The predicted molar refractivity (Wildman–Crippen MR) is 153 cm³/mol. The summed E-state index contributed by atoms with van der Waals surface area (Å²) < 4.78 is 75.2. The van der Waals surface area contributed by atoms with Crippen LogP contribution in [0.3, 0.4) is 0 Å². The van der Waals surface area contributed by atoms with E-state index in [4.69, 9.17) is 4.74 Å². The van der Waals surface area contributed by atoms with Gasteiger partial charge in [-0.2, -0.15) is 0 Å². The molecular weight excluding hydrogens is 585 g/mol. The van der Waals surface area contributed by atoms with Gasteiger partial charge in [-0.25, -0.2) is 36.5 Å². The number of ether oxygens (including phenoxy) is 1. The van der Waals surface area contributed by atoms with Crippen molar-refractivity contribution < 1.29 is 31.1 Å². The molecule has 0 bridgehead atoms. The fraction of sp³-hybridized carbons (Fsp3) is 0.241. The molecule has 1 spiro atoms. The summed E-state index contributed by atoms with van der Waals surface area (Å²) in [5, 5.41) is 0.729. The normalized spacial score (nSPS) is 15.9. The van der Waals surface area contributed by atoms with Crippen molar-refractivity contribution in [1.29, 1.82) is 0 Å². The summed E-state index contributed by atoms with van der Waals surface area (Å²) >= 11 is 0. The van der Waals surface area contributed by atoms with Crippen molar-refractivity contribution in [3.63, 3.8) is 0 Å². The van der Waals surface area contributed by atoms with Gasteiger partial charge in [-0.15, -0.1) is 0 Å². The molecule has 43 heavy (non-hydrogen) atoms. The number of methoxy groups -OCH3 is 1. The number of nitrogens with zero attached hydrogens (tertiary/aromatic N) is 5. The number of nitrogens with one attached hydrogen (secondary N) is 1. The van der Waals surface area contributed by atoms with Crippen LogP contribution in [0.5, 0.6) is 5.88 Å². The number of hydrogen-bond donors (Lipinski definition) is 1. The second kappa shape index (κ2) is 10.5. The molecule has 4 aromatic rings. The Morgan fingerprint density at radius 3 is 2.49 bits per heavy atom. The summed E-state index contributed by atoms with van der Waals surface area (Å²) in [4.78, 5) is 27.5. The molecule has 4 heterocycles. The van der Waals surface area contributed by atoms with Gasteiger partial charge in [0.05, 0.1) is 12.6 Å². The second-order valence-corrected chi connectivity index (χ2v) is 12.2. The molecule has 2 saturated heterocycles. The van der Waals surface area contributed by atoms with Gasteiger partial charge in [0.2, 0.25) is 5.88 Å². The first-order valence-electron chi connectivity index (χ1n) is 13.1. The van der Waals surface area contributed by atoms with Crippen molar-refractivity contribution in [2.24, 2.45) is 5.41 Å². The zero-order chi connectivity index (χ0) is 30.5. The average molecular weight is 611 g/mol. The Kier molecular flexibility index (Phi) is 6.95. The minimum atomic E-state index is -4.68. The summed E-state index contributed by atoms with van der Waals surface area (Å²) in [6.07, 6.45) is 3.75. The number of sulfonamides is 1. The monoisotopic (exact) mass is 610 g/mol. The number of benzene rings is 2. The number of likely N-dealkylation sites (tertiary alicyclic amines) is 1. The number of hydrogen-bond acceptors (Lipinski definition) is 8. The van der Waals surface area contributed by atoms with Crippen molar-refractivity contribution in [2.75, 3.05) is 42.9 Å². The van der Waals surface area contributed by atoms with Gasteiger partial charge < -0.3 is 14.5 Å². The molecule has 0 radical (unpaired) electrons. The quantitative estimate of drug-likeness (QED) is 0.308. The highest BCUT2D eigenvalue weighted by Gasteiger charge is 2.50. The number of fused-ring (bicyclic) bond motifs is 1. The summed E-state index contributed by atoms with van der Waals surface area (Å²) in [6.45, 7) is 5.27. The summed E-state index contributed by atoms with van der Waals surface area (Å²) in [5.41, 5.74) is 1.53. The third kappa shape index (κ3) is 5.11. The third-order valence-electron chi connectivity index (χ3n) is 7.73. The number of carbonyl (C=O) groups is 1. The van der Waals surface area contributed by atoms with Crippen LogP contribution in [0, 0.1) is 17.0 Å². The van der Waals surface area contributed by atoms with E-state index in [1.165, 1.54) is 30.6 Å². The van der Waals surface area contributed by atoms with E-state index < -0.39 is 38.3 Å². The van der Waals surface area contributed by atoms with Crippen molar-refractivity contribution in [3.8, 4) is 17.0 Å². The van der Waals surface area contributed by atoms with Crippen LogP contribution < -0.4 is 14.4 Å². The van der Waals surface area contributed by atoms with E-state index in [0.717, 1.165) is 30.0 Å². The van der Waals surface area contributed by atoms with Gasteiger partial charge in [-0.3, -0.25) is 9.52 Å². The Morgan fingerprint density at radius 2 is 1.79 bits per heavy atom. The number of carbonyl (C=O) groups excluding carboxylic acids is 1. The third-order valence-corrected chi connectivity index (χ3v) is 9.15. The summed E-state index contributed by atoms with van der Waals surface area (Å²) in [5.74, 6) is -3.55. The van der Waals surface area contributed by atoms with Crippen molar-refractivity contribution in [1.82, 2.24) is 19.9 Å². The van der Waals surface area contributed by atoms with Gasteiger partial charge in [0, 0.05) is 48.7 Å². The molecular formula is C29H25F3N6O4S. The molecule has 2 aliphatic rings. The van der Waals surface area contributed by atoms with E-state index in [1.54, 1.807) is 12.1 Å². The number of amides is 1. The van der Waals surface area contributed by atoms with Crippen LogP contribution in [0.15, 0.2) is 72.3 Å². The minimum absolute atomic E-state index is 0.0967. The van der Waals surface area contributed by atoms with Crippen LogP contribution in [0.2, 0.25) is 0 Å². The zero-order valence-corrected chi connectivity index (χ0v) is 23.7. The number of anilines is 2. The van der Waals surface area contributed by atoms with Crippen LogP contribution in [-0.4, -0.2) is 67.5 Å². The molecule has 2 aliphatic heterocycles. The van der Waals surface area contributed by atoms with Gasteiger partial charge in [0.1, 0.15) is 29.5 Å². The van der Waals surface area contributed by atoms with Gasteiger partial charge >= 0.3 is 0 Å². The molecule has 2 fully saturated rings. The van der Waals surface area contributed by atoms with Gasteiger partial charge in [0.15, 0.2) is 10.7 Å². The number of halogens is 3. The Morgan fingerprint density at radius 1 is 1.05 bits per heavy atom. The van der Waals surface area contributed by atoms with Crippen molar-refractivity contribution >= 4 is 38.3 Å². The van der Waals surface area contributed by atoms with Crippen LogP contribution in [0.1, 0.15) is 6.42 Å². The van der Waals surface area contributed by atoms with Gasteiger partial charge in [-0.05, 0) is 42.3 Å². The molecule has 2 aromatic heterocycles. The lowest BCUT2D eigenvalue weighted by atomic mass is 9.79. The van der Waals surface area contributed by atoms with E-state index in [1.807, 2.05) is 6.07 Å². The van der Waals surface area contributed by atoms with Crippen LogP contribution in [0.4, 0.5) is 24.7 Å². The standard InChI is InChI=1S/C29H25F3N6O4S/c1-17(30)28(39)38-14-29(15-38)8-9-37(13-29)26-20-10-18(6-7-23(20)34-16-35-26)19-11-24(27(42-2)33-12-19)36-43(40,41)25-21(31)4-3-5-22(25)32/h3-7,10-12,16,36H,1,8-9,13-15H2,2H3. The molecule has 0 aliphatic carbocycles. The van der Waals surface area contributed by atoms with E-state index in [0.29, 0.717) is 48.6 Å². The van der Waals surface area contributed by atoms with Crippen molar-refractivity contribution in [2.45, 2.75) is 11.3 Å². The smallest absolute Gasteiger partial charge is 0.282 e. The fourth-order valence-electron chi connectivity index (χ4n) is 5.71. The van der Waals surface area contributed by atoms with Crippen LogP contribution in [0.25, 0.3) is 22.0 Å². The molecule has 2 aromatic carbocycles. The zero-order valence-electron chi connectivity index (χ0n) is 22.8. The number of aromatic nitrogens is 3. The predicted octanol–water partition coefficient (Wildman–Crippen LogP) is 4.30. The molecule has 222 valence electrons. The highest BCUT2D eigenvalue weighted by molar-refractivity contribution is 7.92. The first-order chi connectivity index (χ1) is 20.5. The lowest BCUT2D eigenvalue weighted by Gasteiger charge is -2.47. The molecule has 0 unspecified atom stereocenters. The lowest BCUT2D eigenvalue weighted by molar-refractivity contribution is -0.139. The maximum absolute atomic E-state index is 14.3. The van der Waals surface area contributed by atoms with Crippen molar-refractivity contribution in [3.05, 3.63) is 79.0 Å². The first kappa shape index (κ1) is 28.4. The molecule has 6 rings (SSSR count).